The Kier molecular flexibility index (Phi) is 6.14. The molecule has 0 saturated heterocycles. The highest BCUT2D eigenvalue weighted by Crippen LogP contribution is 2.13. The third kappa shape index (κ3) is 5.24. The lowest BCUT2D eigenvalue weighted by Crippen LogP contribution is -2.46. The number of halogens is 1. The highest BCUT2D eigenvalue weighted by molar-refractivity contribution is 9.10. The highest BCUT2D eigenvalue weighted by atomic mass is 79.9. The van der Waals surface area contributed by atoms with Crippen molar-refractivity contribution in [1.29, 1.82) is 0 Å². The van der Waals surface area contributed by atoms with Crippen LogP contribution in [0.4, 0.5) is 0 Å². The molecule has 0 spiro atoms. The molecule has 2 aromatic rings. The third-order valence-corrected chi connectivity index (χ3v) is 3.55. The van der Waals surface area contributed by atoms with Crippen molar-refractivity contribution in [3.05, 3.63) is 58.5 Å². The number of hydrogen-bond acceptors (Lipinski definition) is 4. The van der Waals surface area contributed by atoms with Gasteiger partial charge in [0.15, 0.2) is 10.4 Å². The number of furan rings is 1. The average molecular weight is 395 g/mol. The Balaban J connectivity index is 1.86. The molecular weight excluding hydrogens is 380 g/mol. The summed E-state index contributed by atoms with van der Waals surface area (Å²) >= 11 is 3.07. The molecule has 24 heavy (non-hydrogen) atoms. The lowest BCUT2D eigenvalue weighted by Gasteiger charge is -2.14. The van der Waals surface area contributed by atoms with Gasteiger partial charge < -0.3 is 20.2 Å². The molecule has 0 aliphatic carbocycles. The van der Waals surface area contributed by atoms with Crippen molar-refractivity contribution in [2.75, 3.05) is 6.54 Å². The number of nitrogens with one attached hydrogen (secondary N) is 2. The zero-order valence-corrected chi connectivity index (χ0v) is 14.1. The average Bonchev–Trinajstić information content (AvgIpc) is 2.99. The summed E-state index contributed by atoms with van der Waals surface area (Å²) in [6.45, 7) is -0.351. The van der Waals surface area contributed by atoms with E-state index in [0.29, 0.717) is 4.67 Å². The molecule has 2 amide bonds. The molecule has 0 aliphatic rings. The predicted molar refractivity (Wildman–Crippen MR) is 88.5 cm³/mol. The molecule has 0 unspecified atom stereocenters. The largest absolute Gasteiger partial charge is 0.480 e. The fourth-order valence-electron chi connectivity index (χ4n) is 1.98. The zero-order chi connectivity index (χ0) is 17.5. The Morgan fingerprint density at radius 1 is 1.12 bits per heavy atom. The molecule has 0 saturated carbocycles. The molecule has 2 rings (SSSR count). The normalized spacial score (nSPS) is 11.5. The van der Waals surface area contributed by atoms with Gasteiger partial charge in [-0.05, 0) is 33.6 Å². The lowest BCUT2D eigenvalue weighted by atomic mass is 10.1. The molecule has 8 heteroatoms. The van der Waals surface area contributed by atoms with Gasteiger partial charge in [-0.15, -0.1) is 0 Å². The smallest absolute Gasteiger partial charge is 0.326 e. The summed E-state index contributed by atoms with van der Waals surface area (Å²) in [5.41, 5.74) is 0.787. The topological polar surface area (TPSA) is 109 Å². The third-order valence-electron chi connectivity index (χ3n) is 3.12. The van der Waals surface area contributed by atoms with Crippen LogP contribution in [0.2, 0.25) is 0 Å². The minimum atomic E-state index is -1.14. The molecule has 3 N–H and O–H groups in total. The van der Waals surface area contributed by atoms with Crippen molar-refractivity contribution in [1.82, 2.24) is 10.6 Å². The van der Waals surface area contributed by atoms with E-state index in [1.54, 1.807) is 30.3 Å². The van der Waals surface area contributed by atoms with E-state index in [4.69, 9.17) is 4.42 Å². The molecule has 1 heterocycles. The molecular formula is C16H15BrN2O5. The van der Waals surface area contributed by atoms with Gasteiger partial charge in [0.2, 0.25) is 5.91 Å². The quantitative estimate of drug-likeness (QED) is 0.660. The number of rotatable bonds is 7. The number of carboxylic acid groups (broad SMARTS) is 1. The van der Waals surface area contributed by atoms with Gasteiger partial charge in [0.25, 0.3) is 5.91 Å². The van der Waals surface area contributed by atoms with Gasteiger partial charge in [-0.25, -0.2) is 4.79 Å². The summed E-state index contributed by atoms with van der Waals surface area (Å²) < 4.78 is 5.45. The van der Waals surface area contributed by atoms with Crippen LogP contribution in [0.3, 0.4) is 0 Å². The zero-order valence-electron chi connectivity index (χ0n) is 12.5. The second-order valence-corrected chi connectivity index (χ2v) is 5.72. The van der Waals surface area contributed by atoms with Gasteiger partial charge in [-0.3, -0.25) is 9.59 Å². The molecule has 7 nitrogen and oxygen atoms in total. The summed E-state index contributed by atoms with van der Waals surface area (Å²) in [4.78, 5) is 34.9. The molecule has 1 atom stereocenters. The number of carbonyl (C=O) groups excluding carboxylic acids is 2. The molecule has 1 aromatic heterocycles. The molecule has 0 aliphatic heterocycles. The Morgan fingerprint density at radius 3 is 2.42 bits per heavy atom. The minimum absolute atomic E-state index is 0.0498. The van der Waals surface area contributed by atoms with Crippen LogP contribution < -0.4 is 10.6 Å². The van der Waals surface area contributed by atoms with E-state index < -0.39 is 23.8 Å². The van der Waals surface area contributed by atoms with Gasteiger partial charge in [0.05, 0.1) is 6.54 Å². The number of amides is 2. The lowest BCUT2D eigenvalue weighted by molar-refractivity contribution is -0.141. The number of carbonyl (C=O) groups is 3. The number of carboxylic acids is 1. The van der Waals surface area contributed by atoms with E-state index in [-0.39, 0.29) is 18.7 Å². The van der Waals surface area contributed by atoms with Gasteiger partial charge in [-0.1, -0.05) is 30.3 Å². The van der Waals surface area contributed by atoms with Crippen LogP contribution in [0, 0.1) is 0 Å². The van der Waals surface area contributed by atoms with Crippen LogP contribution in [-0.2, 0) is 16.0 Å². The fourth-order valence-corrected chi connectivity index (χ4v) is 2.29. The molecule has 0 bridgehead atoms. The van der Waals surface area contributed by atoms with E-state index in [0.717, 1.165) is 5.56 Å². The number of hydrogen-bond donors (Lipinski definition) is 3. The maximum Gasteiger partial charge on any atom is 0.326 e. The van der Waals surface area contributed by atoms with Crippen molar-refractivity contribution in [3.63, 3.8) is 0 Å². The van der Waals surface area contributed by atoms with E-state index in [9.17, 15) is 19.5 Å². The second kappa shape index (κ2) is 8.30. The standard InChI is InChI=1S/C16H15BrN2O5/c17-13-7-6-12(24-13)15(21)18-9-14(20)19-11(16(22)23)8-10-4-2-1-3-5-10/h1-7,11H,8-9H2,(H,18,21)(H,19,20)(H,22,23)/t11-/m0/s1. The van der Waals surface area contributed by atoms with Crippen molar-refractivity contribution in [3.8, 4) is 0 Å². The Hall–Kier alpha value is -2.61. The Morgan fingerprint density at radius 2 is 1.83 bits per heavy atom. The maximum absolute atomic E-state index is 11.9. The van der Waals surface area contributed by atoms with Crippen LogP contribution in [0.25, 0.3) is 0 Å². The van der Waals surface area contributed by atoms with Crippen LogP contribution in [0.5, 0.6) is 0 Å². The first-order chi connectivity index (χ1) is 11.5. The predicted octanol–water partition coefficient (Wildman–Crippen LogP) is 1.58. The number of aliphatic carboxylic acids is 1. The van der Waals surface area contributed by atoms with E-state index >= 15 is 0 Å². The molecule has 1 aromatic carbocycles. The fraction of sp³-hybridized carbons (Fsp3) is 0.188. The summed E-state index contributed by atoms with van der Waals surface area (Å²) in [7, 11) is 0. The van der Waals surface area contributed by atoms with Crippen LogP contribution in [-0.4, -0.2) is 35.5 Å². The second-order valence-electron chi connectivity index (χ2n) is 4.93. The van der Waals surface area contributed by atoms with Gasteiger partial charge in [0, 0.05) is 6.42 Å². The first-order valence-electron chi connectivity index (χ1n) is 7.05. The van der Waals surface area contributed by atoms with Crippen molar-refractivity contribution in [2.45, 2.75) is 12.5 Å². The number of benzene rings is 1. The summed E-state index contributed by atoms with van der Waals surface area (Å²) in [6.07, 6.45) is 0.154. The van der Waals surface area contributed by atoms with Gasteiger partial charge in [0.1, 0.15) is 6.04 Å². The SMILES string of the molecule is O=C(CNC(=O)c1ccc(Br)o1)N[C@@H](Cc1ccccc1)C(=O)O. The van der Waals surface area contributed by atoms with Crippen LogP contribution in [0.1, 0.15) is 16.1 Å². The molecule has 0 fully saturated rings. The summed E-state index contributed by atoms with van der Waals surface area (Å²) in [5, 5.41) is 14.0. The Bertz CT molecular complexity index is 729. The maximum atomic E-state index is 11.9. The monoisotopic (exact) mass is 394 g/mol. The summed E-state index contributed by atoms with van der Waals surface area (Å²) in [5.74, 6) is -2.26. The van der Waals surface area contributed by atoms with E-state index in [1.807, 2.05) is 6.07 Å². The van der Waals surface area contributed by atoms with Crippen molar-refractivity contribution in [2.24, 2.45) is 0 Å². The van der Waals surface area contributed by atoms with Gasteiger partial charge >= 0.3 is 5.97 Å². The van der Waals surface area contributed by atoms with Crippen molar-refractivity contribution >= 4 is 33.7 Å². The first-order valence-corrected chi connectivity index (χ1v) is 7.84. The highest BCUT2D eigenvalue weighted by Gasteiger charge is 2.21. The minimum Gasteiger partial charge on any atom is -0.480 e. The summed E-state index contributed by atoms with van der Waals surface area (Å²) in [6, 6.07) is 10.9. The van der Waals surface area contributed by atoms with Crippen LogP contribution >= 0.6 is 15.9 Å². The molecule has 126 valence electrons. The van der Waals surface area contributed by atoms with E-state index in [1.165, 1.54) is 6.07 Å². The van der Waals surface area contributed by atoms with Crippen LogP contribution in [0.15, 0.2) is 51.6 Å². The Labute approximate surface area is 146 Å². The van der Waals surface area contributed by atoms with Gasteiger partial charge in [-0.2, -0.15) is 0 Å². The van der Waals surface area contributed by atoms with E-state index in [2.05, 4.69) is 26.6 Å². The van der Waals surface area contributed by atoms with Crippen molar-refractivity contribution < 1.29 is 23.9 Å². The first kappa shape index (κ1) is 17.7. The molecule has 0 radical (unpaired) electrons.